The molecule has 2 heterocycles. The van der Waals surface area contributed by atoms with Crippen LogP contribution in [-0.4, -0.2) is 45.6 Å². The van der Waals surface area contributed by atoms with E-state index in [1.807, 2.05) is 34.6 Å². The fraction of sp³-hybridized carbons (Fsp3) is 0.500. The highest BCUT2D eigenvalue weighted by atomic mass is 32.2. The molecule has 2 saturated heterocycles. The van der Waals surface area contributed by atoms with Crippen molar-refractivity contribution in [1.82, 2.24) is 9.62 Å². The van der Waals surface area contributed by atoms with Gasteiger partial charge in [-0.1, -0.05) is 30.3 Å². The second-order valence-corrected chi connectivity index (χ2v) is 7.70. The van der Waals surface area contributed by atoms with Crippen LogP contribution in [0.2, 0.25) is 0 Å². The highest BCUT2D eigenvalue weighted by molar-refractivity contribution is 8.12. The molecular weight excluding hydrogens is 332 g/mol. The first-order valence-electron chi connectivity index (χ1n) is 7.78. The Morgan fingerprint density at radius 1 is 1.35 bits per heavy atom. The molecule has 0 saturated carbocycles. The smallest absolute Gasteiger partial charge is 0.383 e. The Kier molecular flexibility index (Phi) is 5.99. The molecule has 1 aromatic carbocycles. The van der Waals surface area contributed by atoms with Crippen molar-refractivity contribution in [1.29, 1.82) is 0 Å². The molecule has 2 aliphatic rings. The molecule has 2 fully saturated rings. The summed E-state index contributed by atoms with van der Waals surface area (Å²) < 4.78 is 7.15. The van der Waals surface area contributed by atoms with Gasteiger partial charge in [0.25, 0.3) is 0 Å². The van der Waals surface area contributed by atoms with Gasteiger partial charge in [-0.3, -0.25) is 4.79 Å². The summed E-state index contributed by atoms with van der Waals surface area (Å²) in [4.78, 5) is 24.6. The average Bonchev–Trinajstić information content (AvgIpc) is 3.25. The first-order valence-corrected chi connectivity index (χ1v) is 9.60. The van der Waals surface area contributed by atoms with Crippen LogP contribution in [0.4, 0.5) is 4.79 Å². The highest BCUT2D eigenvalue weighted by Gasteiger charge is 2.38. The maximum Gasteiger partial charge on any atom is 0.383 e. The minimum atomic E-state index is -0.353. The van der Waals surface area contributed by atoms with Gasteiger partial charge in [0.1, 0.15) is 12.0 Å². The van der Waals surface area contributed by atoms with Gasteiger partial charge in [0.15, 0.2) is 5.78 Å². The molecule has 0 bridgehead atoms. The van der Waals surface area contributed by atoms with E-state index in [0.29, 0.717) is 0 Å². The molecule has 124 valence electrons. The van der Waals surface area contributed by atoms with Gasteiger partial charge in [-0.25, -0.2) is 9.10 Å². The Balaban J connectivity index is 1.49. The van der Waals surface area contributed by atoms with Crippen LogP contribution in [0.5, 0.6) is 0 Å². The number of Topliss-reactive ketones (excluding diaryl/α,β-unsaturated/α-hetero) is 1. The average molecular weight is 352 g/mol. The fourth-order valence-electron chi connectivity index (χ4n) is 2.71. The lowest BCUT2D eigenvalue weighted by molar-refractivity contribution is -0.121. The molecule has 0 amide bonds. The van der Waals surface area contributed by atoms with Crippen molar-refractivity contribution in [3.63, 3.8) is 0 Å². The lowest BCUT2D eigenvalue weighted by Crippen LogP contribution is -2.42. The molecule has 23 heavy (non-hydrogen) atoms. The summed E-state index contributed by atoms with van der Waals surface area (Å²) in [5.74, 6) is 1.05. The maximum absolute atomic E-state index is 12.5. The Morgan fingerprint density at radius 2 is 2.17 bits per heavy atom. The minimum Gasteiger partial charge on any atom is -0.452 e. The lowest BCUT2D eigenvalue weighted by atomic mass is 10.1. The van der Waals surface area contributed by atoms with Gasteiger partial charge in [0, 0.05) is 24.2 Å². The summed E-state index contributed by atoms with van der Waals surface area (Å²) in [6.45, 7) is 1.88. The Hall–Kier alpha value is -1.02. The summed E-state index contributed by atoms with van der Waals surface area (Å²) in [6.07, 6.45) is 1.94. The topological polar surface area (TPSA) is 58.6 Å². The minimum absolute atomic E-state index is 0.0611. The van der Waals surface area contributed by atoms with Crippen molar-refractivity contribution in [3.05, 3.63) is 35.9 Å². The molecule has 3 rings (SSSR count). The van der Waals surface area contributed by atoms with E-state index < -0.39 is 0 Å². The second-order valence-electron chi connectivity index (χ2n) is 5.53. The summed E-state index contributed by atoms with van der Waals surface area (Å²) in [5, 5.41) is 2.64. The van der Waals surface area contributed by atoms with Gasteiger partial charge >= 0.3 is 5.30 Å². The molecule has 2 aliphatic heterocycles. The van der Waals surface area contributed by atoms with Gasteiger partial charge in [-0.15, -0.1) is 11.8 Å². The lowest BCUT2D eigenvalue weighted by Gasteiger charge is -2.22. The molecule has 0 aromatic heterocycles. The predicted octanol–water partition coefficient (Wildman–Crippen LogP) is 2.67. The number of thioether (sulfide) groups is 1. The molecular formula is C16H20N2O3S2. The Labute approximate surface area is 144 Å². The number of ether oxygens (including phenoxy) is 1. The third kappa shape index (κ3) is 4.50. The molecule has 5 nitrogen and oxygen atoms in total. The fourth-order valence-corrected chi connectivity index (χ4v) is 4.95. The van der Waals surface area contributed by atoms with E-state index >= 15 is 0 Å². The number of ketones is 1. The zero-order chi connectivity index (χ0) is 16.1. The number of carbonyl (C=O) groups excluding carboxylic acids is 2. The van der Waals surface area contributed by atoms with Crippen molar-refractivity contribution < 1.29 is 14.3 Å². The third-order valence-corrected chi connectivity index (χ3v) is 6.14. The number of hydrogen-bond donors (Lipinski definition) is 1. The molecule has 0 aliphatic carbocycles. The van der Waals surface area contributed by atoms with E-state index in [4.69, 9.17) is 4.74 Å². The zero-order valence-electron chi connectivity index (χ0n) is 12.8. The summed E-state index contributed by atoms with van der Waals surface area (Å²) >= 11 is 2.63. The van der Waals surface area contributed by atoms with Crippen molar-refractivity contribution in [2.45, 2.75) is 30.9 Å². The maximum atomic E-state index is 12.5. The highest BCUT2D eigenvalue weighted by Crippen LogP contribution is 2.33. The first-order chi connectivity index (χ1) is 11.2. The zero-order valence-corrected chi connectivity index (χ0v) is 14.4. The van der Waals surface area contributed by atoms with Crippen LogP contribution in [0.15, 0.2) is 30.3 Å². The number of nitrogens with one attached hydrogen (secondary N) is 1. The van der Waals surface area contributed by atoms with Crippen LogP contribution in [0.1, 0.15) is 18.4 Å². The van der Waals surface area contributed by atoms with Crippen molar-refractivity contribution in [2.24, 2.45) is 0 Å². The number of carbonyl (C=O) groups is 2. The quantitative estimate of drug-likeness (QED) is 0.646. The van der Waals surface area contributed by atoms with Gasteiger partial charge in [0.2, 0.25) is 0 Å². The number of hydrogen-bond acceptors (Lipinski definition) is 7. The van der Waals surface area contributed by atoms with Crippen molar-refractivity contribution >= 4 is 34.8 Å². The summed E-state index contributed by atoms with van der Waals surface area (Å²) in [7, 11) is 0. The number of nitrogens with zero attached hydrogens (tertiary/aromatic N) is 1. The molecule has 0 spiro atoms. The van der Waals surface area contributed by atoms with Crippen LogP contribution < -0.4 is 5.32 Å². The molecule has 2 atom stereocenters. The van der Waals surface area contributed by atoms with E-state index in [1.165, 1.54) is 0 Å². The van der Waals surface area contributed by atoms with Gasteiger partial charge < -0.3 is 10.1 Å². The van der Waals surface area contributed by atoms with Gasteiger partial charge in [-0.05, 0) is 24.9 Å². The summed E-state index contributed by atoms with van der Waals surface area (Å²) in [5.41, 5.74) is 0.958. The molecule has 7 heteroatoms. The van der Waals surface area contributed by atoms with E-state index in [0.717, 1.165) is 49.2 Å². The standard InChI is InChI=1S/C16H20N2O3S2/c19-14(13-7-4-8-17-13)15-18(9-10-22-15)23-16(20)21-11-12-5-2-1-3-6-12/h1-3,5-6,13,15,17H,4,7-11H2/t13-,15?/m1/s1. The van der Waals surface area contributed by atoms with Crippen LogP contribution in [-0.2, 0) is 16.1 Å². The van der Waals surface area contributed by atoms with E-state index in [-0.39, 0.29) is 29.1 Å². The van der Waals surface area contributed by atoms with Crippen LogP contribution in [0, 0.1) is 0 Å². The van der Waals surface area contributed by atoms with E-state index in [1.54, 1.807) is 11.8 Å². The third-order valence-electron chi connectivity index (χ3n) is 3.89. The van der Waals surface area contributed by atoms with Gasteiger partial charge in [-0.2, -0.15) is 0 Å². The van der Waals surface area contributed by atoms with Crippen LogP contribution in [0.3, 0.4) is 0 Å². The van der Waals surface area contributed by atoms with Crippen molar-refractivity contribution in [2.75, 3.05) is 18.8 Å². The normalized spacial score (nSPS) is 24.7. The Bertz CT molecular complexity index is 550. The van der Waals surface area contributed by atoms with Crippen molar-refractivity contribution in [3.8, 4) is 0 Å². The molecule has 1 unspecified atom stereocenters. The van der Waals surface area contributed by atoms with Crippen LogP contribution in [0.25, 0.3) is 0 Å². The molecule has 0 radical (unpaired) electrons. The Morgan fingerprint density at radius 3 is 2.91 bits per heavy atom. The molecule has 1 aromatic rings. The number of benzene rings is 1. The number of rotatable bonds is 5. The monoisotopic (exact) mass is 352 g/mol. The summed E-state index contributed by atoms with van der Waals surface area (Å²) in [6, 6.07) is 9.53. The van der Waals surface area contributed by atoms with Crippen LogP contribution >= 0.6 is 23.7 Å². The predicted molar refractivity (Wildman–Crippen MR) is 93.2 cm³/mol. The van der Waals surface area contributed by atoms with E-state index in [9.17, 15) is 9.59 Å². The van der Waals surface area contributed by atoms with Gasteiger partial charge in [0.05, 0.1) is 6.04 Å². The second kappa shape index (κ2) is 8.19. The first kappa shape index (κ1) is 16.8. The SMILES string of the molecule is O=C(OCc1ccccc1)SN1CCSC1C(=O)[C@H]1CCCN1. The van der Waals surface area contributed by atoms with E-state index in [2.05, 4.69) is 5.32 Å². The molecule has 1 N–H and O–H groups in total. The largest absolute Gasteiger partial charge is 0.452 e.